The monoisotopic (exact) mass is 290 g/mol. The minimum Gasteiger partial charge on any atom is -0.381 e. The van der Waals surface area contributed by atoms with Gasteiger partial charge in [0, 0.05) is 44.2 Å². The van der Waals surface area contributed by atoms with Gasteiger partial charge in [0.15, 0.2) is 0 Å². The van der Waals surface area contributed by atoms with Crippen LogP contribution in [0, 0.1) is 5.92 Å². The molecule has 0 radical (unpaired) electrons. The first-order chi connectivity index (χ1) is 10.3. The Balaban J connectivity index is 1.65. The van der Waals surface area contributed by atoms with Gasteiger partial charge in [0.2, 0.25) is 0 Å². The van der Waals surface area contributed by atoms with Crippen LogP contribution in [-0.4, -0.2) is 43.5 Å². The lowest BCUT2D eigenvalue weighted by atomic mass is 9.77. The summed E-state index contributed by atoms with van der Waals surface area (Å²) in [5.74, 6) is 0.656. The normalized spacial score (nSPS) is 26.6. The second kappa shape index (κ2) is 6.86. The van der Waals surface area contributed by atoms with Crippen LogP contribution in [-0.2, 0) is 15.9 Å². The zero-order valence-electron chi connectivity index (χ0n) is 12.9. The molecule has 3 heterocycles. The molecule has 116 valence electrons. The topological polar surface area (TPSA) is 43.4 Å². The molecule has 1 N–H and O–H groups in total. The minimum atomic E-state index is 0.0698. The molecule has 2 saturated heterocycles. The van der Waals surface area contributed by atoms with Gasteiger partial charge in [0.25, 0.3) is 0 Å². The van der Waals surface area contributed by atoms with Gasteiger partial charge in [-0.05, 0) is 50.8 Å². The molecule has 1 aromatic rings. The van der Waals surface area contributed by atoms with Gasteiger partial charge < -0.3 is 14.8 Å². The molecule has 2 fully saturated rings. The van der Waals surface area contributed by atoms with Gasteiger partial charge in [-0.2, -0.15) is 0 Å². The summed E-state index contributed by atoms with van der Waals surface area (Å²) >= 11 is 0. The Hall–Kier alpha value is -0.970. The summed E-state index contributed by atoms with van der Waals surface area (Å²) in [5, 5.41) is 3.52. The zero-order chi connectivity index (χ0) is 14.5. The standard InChI is InChI=1S/C17H26N2O2/c1-18-16(12-15-4-2-3-8-19-15)14-5-9-21-17(13-14)6-10-20-11-7-17/h2-4,8,14,16,18H,5-7,9-13H2,1H3. The van der Waals surface area contributed by atoms with Gasteiger partial charge in [0.05, 0.1) is 5.60 Å². The summed E-state index contributed by atoms with van der Waals surface area (Å²) in [7, 11) is 2.07. The van der Waals surface area contributed by atoms with E-state index in [1.54, 1.807) is 0 Å². The van der Waals surface area contributed by atoms with Crippen LogP contribution in [0.15, 0.2) is 24.4 Å². The Bertz CT molecular complexity index is 426. The molecule has 3 rings (SSSR count). The van der Waals surface area contributed by atoms with Gasteiger partial charge in [-0.3, -0.25) is 4.98 Å². The van der Waals surface area contributed by atoms with Crippen LogP contribution in [0.5, 0.6) is 0 Å². The fraction of sp³-hybridized carbons (Fsp3) is 0.706. The van der Waals surface area contributed by atoms with Gasteiger partial charge in [-0.15, -0.1) is 0 Å². The zero-order valence-corrected chi connectivity index (χ0v) is 12.9. The molecule has 0 saturated carbocycles. The van der Waals surface area contributed by atoms with E-state index < -0.39 is 0 Å². The van der Waals surface area contributed by atoms with Crippen molar-refractivity contribution in [1.82, 2.24) is 10.3 Å². The Morgan fingerprint density at radius 1 is 1.33 bits per heavy atom. The van der Waals surface area contributed by atoms with E-state index in [-0.39, 0.29) is 5.60 Å². The smallest absolute Gasteiger partial charge is 0.0729 e. The predicted molar refractivity (Wildman–Crippen MR) is 82.2 cm³/mol. The number of ether oxygens (including phenoxy) is 2. The average Bonchev–Trinajstić information content (AvgIpc) is 2.54. The van der Waals surface area contributed by atoms with Crippen molar-refractivity contribution >= 4 is 0 Å². The van der Waals surface area contributed by atoms with E-state index in [4.69, 9.17) is 9.47 Å². The Morgan fingerprint density at radius 2 is 2.19 bits per heavy atom. The van der Waals surface area contributed by atoms with E-state index in [0.717, 1.165) is 51.9 Å². The van der Waals surface area contributed by atoms with Crippen molar-refractivity contribution in [2.45, 2.75) is 43.7 Å². The van der Waals surface area contributed by atoms with E-state index in [0.29, 0.717) is 12.0 Å². The average molecular weight is 290 g/mol. The van der Waals surface area contributed by atoms with Crippen molar-refractivity contribution in [3.05, 3.63) is 30.1 Å². The molecule has 0 amide bonds. The van der Waals surface area contributed by atoms with Crippen LogP contribution in [0.1, 0.15) is 31.4 Å². The van der Waals surface area contributed by atoms with Crippen molar-refractivity contribution in [2.24, 2.45) is 5.92 Å². The quantitative estimate of drug-likeness (QED) is 0.923. The largest absolute Gasteiger partial charge is 0.381 e. The third-order valence-electron chi connectivity index (χ3n) is 5.03. The minimum absolute atomic E-state index is 0.0698. The first kappa shape index (κ1) is 14.9. The highest BCUT2D eigenvalue weighted by Crippen LogP contribution is 2.38. The van der Waals surface area contributed by atoms with Crippen LogP contribution in [0.25, 0.3) is 0 Å². The SMILES string of the molecule is CNC(Cc1ccccn1)C1CCOC2(CCOCC2)C1. The lowest BCUT2D eigenvalue weighted by Gasteiger charge is -2.45. The van der Waals surface area contributed by atoms with Crippen LogP contribution in [0.4, 0.5) is 0 Å². The molecule has 21 heavy (non-hydrogen) atoms. The van der Waals surface area contributed by atoms with E-state index in [1.807, 2.05) is 12.3 Å². The maximum Gasteiger partial charge on any atom is 0.0729 e. The van der Waals surface area contributed by atoms with Crippen molar-refractivity contribution in [1.29, 1.82) is 0 Å². The van der Waals surface area contributed by atoms with Gasteiger partial charge in [-0.25, -0.2) is 0 Å². The van der Waals surface area contributed by atoms with Gasteiger partial charge >= 0.3 is 0 Å². The number of rotatable bonds is 4. The van der Waals surface area contributed by atoms with Crippen LogP contribution in [0.2, 0.25) is 0 Å². The van der Waals surface area contributed by atoms with Crippen molar-refractivity contribution in [2.75, 3.05) is 26.9 Å². The summed E-state index contributed by atoms with van der Waals surface area (Å²) in [5.41, 5.74) is 1.24. The summed E-state index contributed by atoms with van der Waals surface area (Å²) < 4.78 is 11.7. The maximum atomic E-state index is 6.16. The Labute approximate surface area is 127 Å². The molecule has 1 aromatic heterocycles. The molecule has 1 spiro atoms. The number of nitrogens with zero attached hydrogens (tertiary/aromatic N) is 1. The Kier molecular flexibility index (Phi) is 4.88. The first-order valence-corrected chi connectivity index (χ1v) is 8.10. The third kappa shape index (κ3) is 3.62. The predicted octanol–water partition coefficient (Wildman–Crippen LogP) is 2.19. The molecule has 0 aromatic carbocycles. The third-order valence-corrected chi connectivity index (χ3v) is 5.03. The molecule has 2 unspecified atom stereocenters. The highest BCUT2D eigenvalue weighted by molar-refractivity contribution is 5.06. The highest BCUT2D eigenvalue weighted by atomic mass is 16.5. The number of aromatic nitrogens is 1. The summed E-state index contributed by atoms with van der Waals surface area (Å²) in [6.45, 7) is 2.57. The second-order valence-electron chi connectivity index (χ2n) is 6.32. The molecule has 2 aliphatic rings. The second-order valence-corrected chi connectivity index (χ2v) is 6.32. The first-order valence-electron chi connectivity index (χ1n) is 8.10. The van der Waals surface area contributed by atoms with E-state index >= 15 is 0 Å². The fourth-order valence-electron chi connectivity index (χ4n) is 3.75. The number of hydrogen-bond acceptors (Lipinski definition) is 4. The molecule has 0 bridgehead atoms. The molecule has 0 aliphatic carbocycles. The lowest BCUT2D eigenvalue weighted by Crippen LogP contribution is -2.49. The van der Waals surface area contributed by atoms with Gasteiger partial charge in [-0.1, -0.05) is 6.07 Å². The van der Waals surface area contributed by atoms with Crippen LogP contribution in [0.3, 0.4) is 0 Å². The number of likely N-dealkylation sites (N-methyl/N-ethyl adjacent to an activating group) is 1. The molecular weight excluding hydrogens is 264 g/mol. The molecule has 2 atom stereocenters. The summed E-state index contributed by atoms with van der Waals surface area (Å²) in [6, 6.07) is 6.64. The van der Waals surface area contributed by atoms with E-state index in [2.05, 4.69) is 29.5 Å². The summed E-state index contributed by atoms with van der Waals surface area (Å²) in [4.78, 5) is 4.47. The highest BCUT2D eigenvalue weighted by Gasteiger charge is 2.40. The fourth-order valence-corrected chi connectivity index (χ4v) is 3.75. The molecular formula is C17H26N2O2. The Morgan fingerprint density at radius 3 is 2.90 bits per heavy atom. The maximum absolute atomic E-state index is 6.16. The van der Waals surface area contributed by atoms with Crippen molar-refractivity contribution < 1.29 is 9.47 Å². The molecule has 2 aliphatic heterocycles. The number of pyridine rings is 1. The van der Waals surface area contributed by atoms with E-state index in [1.165, 1.54) is 5.69 Å². The number of nitrogens with one attached hydrogen (secondary N) is 1. The van der Waals surface area contributed by atoms with Gasteiger partial charge in [0.1, 0.15) is 0 Å². The number of hydrogen-bond donors (Lipinski definition) is 1. The lowest BCUT2D eigenvalue weighted by molar-refractivity contribution is -0.150. The summed E-state index contributed by atoms with van der Waals surface area (Å²) in [6.07, 6.45) is 7.25. The van der Waals surface area contributed by atoms with Crippen LogP contribution < -0.4 is 5.32 Å². The molecule has 4 heteroatoms. The van der Waals surface area contributed by atoms with E-state index in [9.17, 15) is 0 Å². The van der Waals surface area contributed by atoms with Crippen molar-refractivity contribution in [3.8, 4) is 0 Å². The van der Waals surface area contributed by atoms with Crippen LogP contribution >= 0.6 is 0 Å². The van der Waals surface area contributed by atoms with Crippen molar-refractivity contribution in [3.63, 3.8) is 0 Å². The molecule has 4 nitrogen and oxygen atoms in total.